The molecule has 1 rings (SSSR count). The van der Waals surface area contributed by atoms with Gasteiger partial charge in [-0.15, -0.1) is 12.0 Å². The van der Waals surface area contributed by atoms with Gasteiger partial charge in [-0.2, -0.15) is 0 Å². The van der Waals surface area contributed by atoms with E-state index in [0.717, 1.165) is 0 Å². The SMILES string of the molecule is C#CC(C)(O)C1(C(C)(O)C(C#C[Si](C)(C)C)O[Si](C)(C)C(C)(C)C)CC1. The highest BCUT2D eigenvalue weighted by Gasteiger charge is 2.68. The molecule has 0 amide bonds. The molecule has 0 bridgehead atoms. The van der Waals surface area contributed by atoms with E-state index in [9.17, 15) is 10.2 Å². The first kappa shape index (κ1) is 23.5. The van der Waals surface area contributed by atoms with E-state index in [1.807, 2.05) is 0 Å². The maximum absolute atomic E-state index is 11.6. The fourth-order valence-electron chi connectivity index (χ4n) is 3.04. The van der Waals surface area contributed by atoms with Crippen molar-refractivity contribution in [1.82, 2.24) is 0 Å². The van der Waals surface area contributed by atoms with Gasteiger partial charge < -0.3 is 14.6 Å². The van der Waals surface area contributed by atoms with E-state index in [2.05, 4.69) is 70.9 Å². The Kier molecular flexibility index (Phi) is 6.14. The van der Waals surface area contributed by atoms with Crippen LogP contribution in [0.1, 0.15) is 47.5 Å². The zero-order chi connectivity index (χ0) is 20.8. The van der Waals surface area contributed by atoms with E-state index in [-0.39, 0.29) is 5.04 Å². The predicted octanol–water partition coefficient (Wildman–Crippen LogP) is 4.17. The molecule has 26 heavy (non-hydrogen) atoms. The molecule has 148 valence electrons. The fourth-order valence-corrected chi connectivity index (χ4v) is 4.83. The van der Waals surface area contributed by atoms with Gasteiger partial charge in [0.2, 0.25) is 0 Å². The van der Waals surface area contributed by atoms with Crippen LogP contribution in [0.25, 0.3) is 0 Å². The summed E-state index contributed by atoms with van der Waals surface area (Å²) in [5.74, 6) is 5.75. The number of hydrogen-bond donors (Lipinski definition) is 2. The molecule has 0 aromatic heterocycles. The van der Waals surface area contributed by atoms with Gasteiger partial charge in [0, 0.05) is 5.41 Å². The molecule has 0 radical (unpaired) electrons. The van der Waals surface area contributed by atoms with Crippen molar-refractivity contribution in [3.05, 3.63) is 0 Å². The molecule has 0 aliphatic heterocycles. The Labute approximate surface area is 163 Å². The topological polar surface area (TPSA) is 49.7 Å². The molecule has 0 heterocycles. The molecule has 0 spiro atoms. The average Bonchev–Trinajstić information content (AvgIpc) is 3.23. The molecule has 0 saturated heterocycles. The van der Waals surface area contributed by atoms with Gasteiger partial charge in [0.05, 0.1) is 0 Å². The minimum absolute atomic E-state index is 0.00643. The largest absolute Gasteiger partial charge is 0.401 e. The standard InChI is InChI=1S/C21H38O3Si2/c1-12-19(5,22)21(14-15-21)20(6,23)17(13-16-25(7,8)9)24-26(10,11)18(2,3)4/h1,17,22-23H,14-15H2,2-11H3. The lowest BCUT2D eigenvalue weighted by molar-refractivity contribution is -0.139. The molecule has 2 N–H and O–H groups in total. The second-order valence-corrected chi connectivity index (χ2v) is 20.2. The molecule has 3 atom stereocenters. The first-order valence-corrected chi connectivity index (χ1v) is 15.9. The molecule has 1 saturated carbocycles. The third-order valence-electron chi connectivity index (χ3n) is 6.24. The molecule has 0 aromatic carbocycles. The van der Waals surface area contributed by atoms with E-state index < -0.39 is 39.1 Å². The van der Waals surface area contributed by atoms with E-state index in [0.29, 0.717) is 12.8 Å². The van der Waals surface area contributed by atoms with Crippen LogP contribution in [0.5, 0.6) is 0 Å². The van der Waals surface area contributed by atoms with Crippen molar-refractivity contribution >= 4 is 16.4 Å². The van der Waals surface area contributed by atoms with Crippen LogP contribution in [0, 0.1) is 29.2 Å². The third-order valence-corrected chi connectivity index (χ3v) is 11.6. The maximum Gasteiger partial charge on any atom is 0.193 e. The van der Waals surface area contributed by atoms with Crippen LogP contribution >= 0.6 is 0 Å². The summed E-state index contributed by atoms with van der Waals surface area (Å²) in [5.41, 5.74) is -0.142. The number of terminal acetylenes is 1. The molecule has 1 aliphatic carbocycles. The summed E-state index contributed by atoms with van der Waals surface area (Å²) < 4.78 is 6.59. The van der Waals surface area contributed by atoms with Crippen molar-refractivity contribution in [2.75, 3.05) is 0 Å². The molecular formula is C21H38O3Si2. The minimum Gasteiger partial charge on any atom is -0.401 e. The second-order valence-electron chi connectivity index (χ2n) is 10.7. The summed E-state index contributed by atoms with van der Waals surface area (Å²) in [6.07, 6.45) is 6.27. The lowest BCUT2D eigenvalue weighted by atomic mass is 9.71. The van der Waals surface area contributed by atoms with E-state index in [4.69, 9.17) is 10.8 Å². The maximum atomic E-state index is 11.6. The lowest BCUT2D eigenvalue weighted by Gasteiger charge is -2.47. The van der Waals surface area contributed by atoms with Crippen LogP contribution in [0.15, 0.2) is 0 Å². The van der Waals surface area contributed by atoms with E-state index >= 15 is 0 Å². The number of aliphatic hydroxyl groups is 2. The van der Waals surface area contributed by atoms with Gasteiger partial charge in [0.1, 0.15) is 25.4 Å². The van der Waals surface area contributed by atoms with E-state index in [1.165, 1.54) is 0 Å². The van der Waals surface area contributed by atoms with Crippen LogP contribution in [0.4, 0.5) is 0 Å². The molecule has 0 aromatic rings. The highest BCUT2D eigenvalue weighted by molar-refractivity contribution is 6.83. The fraction of sp³-hybridized carbons (Fsp3) is 0.810. The van der Waals surface area contributed by atoms with Crippen LogP contribution in [-0.2, 0) is 4.43 Å². The summed E-state index contributed by atoms with van der Waals surface area (Å²) in [5, 5.41) is 22.4. The van der Waals surface area contributed by atoms with Crippen molar-refractivity contribution in [3.8, 4) is 23.8 Å². The quantitative estimate of drug-likeness (QED) is 0.543. The van der Waals surface area contributed by atoms with Gasteiger partial charge in [-0.05, 0) is 44.8 Å². The number of hydrogen-bond acceptors (Lipinski definition) is 3. The Morgan fingerprint density at radius 2 is 1.46 bits per heavy atom. The second kappa shape index (κ2) is 6.80. The Balaban J connectivity index is 3.42. The Morgan fingerprint density at radius 3 is 1.77 bits per heavy atom. The zero-order valence-corrected chi connectivity index (χ0v) is 20.4. The van der Waals surface area contributed by atoms with Crippen molar-refractivity contribution in [2.45, 2.75) is 103 Å². The van der Waals surface area contributed by atoms with Crippen LogP contribution in [-0.4, -0.2) is 43.9 Å². The number of rotatable bonds is 5. The summed E-state index contributed by atoms with van der Waals surface area (Å²) in [4.78, 5) is 0. The van der Waals surface area contributed by atoms with E-state index in [1.54, 1.807) is 13.8 Å². The molecule has 5 heteroatoms. The first-order valence-electron chi connectivity index (χ1n) is 9.46. The van der Waals surface area contributed by atoms with Gasteiger partial charge in [0.25, 0.3) is 0 Å². The van der Waals surface area contributed by atoms with Crippen molar-refractivity contribution in [2.24, 2.45) is 5.41 Å². The van der Waals surface area contributed by atoms with Gasteiger partial charge in [-0.25, -0.2) is 0 Å². The predicted molar refractivity (Wildman–Crippen MR) is 115 cm³/mol. The normalized spacial score (nSPS) is 22.9. The van der Waals surface area contributed by atoms with Crippen molar-refractivity contribution < 1.29 is 14.6 Å². The molecule has 3 unspecified atom stereocenters. The summed E-state index contributed by atoms with van der Waals surface area (Å²) in [7, 11) is -3.83. The van der Waals surface area contributed by atoms with Gasteiger partial charge >= 0.3 is 0 Å². The van der Waals surface area contributed by atoms with Crippen molar-refractivity contribution in [3.63, 3.8) is 0 Å². The highest BCUT2D eigenvalue weighted by Crippen LogP contribution is 2.62. The Bertz CT molecular complexity index is 627. The molecule has 1 aliphatic rings. The van der Waals surface area contributed by atoms with Crippen LogP contribution in [0.3, 0.4) is 0 Å². The monoisotopic (exact) mass is 394 g/mol. The molecule has 3 nitrogen and oxygen atoms in total. The highest BCUT2D eigenvalue weighted by atomic mass is 28.4. The van der Waals surface area contributed by atoms with Crippen LogP contribution in [0.2, 0.25) is 37.8 Å². The third kappa shape index (κ3) is 4.46. The summed E-state index contributed by atoms with van der Waals surface area (Å²) >= 11 is 0. The van der Waals surface area contributed by atoms with Crippen LogP contribution < -0.4 is 0 Å². The average molecular weight is 395 g/mol. The molecule has 1 fully saturated rings. The first-order chi connectivity index (χ1) is 11.3. The summed E-state index contributed by atoms with van der Waals surface area (Å²) in [6.45, 7) is 20.7. The Hall–Kier alpha value is -0.566. The minimum atomic E-state index is -2.17. The van der Waals surface area contributed by atoms with Gasteiger partial charge in [-0.1, -0.05) is 52.3 Å². The van der Waals surface area contributed by atoms with Gasteiger partial charge in [0.15, 0.2) is 8.32 Å². The van der Waals surface area contributed by atoms with Crippen molar-refractivity contribution in [1.29, 1.82) is 0 Å². The Morgan fingerprint density at radius 1 is 1.00 bits per heavy atom. The summed E-state index contributed by atoms with van der Waals surface area (Å²) in [6, 6.07) is 0. The molecular weight excluding hydrogens is 356 g/mol. The smallest absolute Gasteiger partial charge is 0.193 e. The zero-order valence-electron chi connectivity index (χ0n) is 18.4. The lowest BCUT2D eigenvalue weighted by Crippen LogP contribution is -2.60. The van der Waals surface area contributed by atoms with Gasteiger partial charge in [-0.3, -0.25) is 0 Å².